The van der Waals surface area contributed by atoms with Gasteiger partial charge in [0, 0.05) is 10.9 Å². The Morgan fingerprint density at radius 1 is 1.46 bits per heavy atom. The molecule has 0 aliphatic carbocycles. The van der Waals surface area contributed by atoms with Crippen LogP contribution in [0.25, 0.3) is 0 Å². The van der Waals surface area contributed by atoms with Crippen LogP contribution in [0.1, 0.15) is 15.9 Å². The maximum atomic E-state index is 11.7. The Hall–Kier alpha value is -0.150. The fraction of sp³-hybridized carbons (Fsp3) is 0.300. The van der Waals surface area contributed by atoms with E-state index in [-0.39, 0.29) is 10.6 Å². The highest BCUT2D eigenvalue weighted by molar-refractivity contribution is 9.12. The first-order chi connectivity index (χ1) is 6.16. The van der Waals surface area contributed by atoms with E-state index in [9.17, 15) is 4.79 Å². The molecule has 0 N–H and O–H groups in total. The van der Waals surface area contributed by atoms with Gasteiger partial charge in [0.2, 0.25) is 0 Å². The third kappa shape index (κ3) is 2.64. The SMILES string of the molecule is Cc1ccccc1C(=O)C(Br)CBr. The van der Waals surface area contributed by atoms with Gasteiger partial charge in [-0.3, -0.25) is 4.79 Å². The highest BCUT2D eigenvalue weighted by Crippen LogP contribution is 2.15. The van der Waals surface area contributed by atoms with Crippen molar-refractivity contribution in [2.75, 3.05) is 5.33 Å². The third-order valence-corrected chi connectivity index (χ3v) is 4.09. The molecule has 0 aromatic heterocycles. The molecular formula is C10H10Br2O. The van der Waals surface area contributed by atoms with Crippen molar-refractivity contribution in [2.24, 2.45) is 0 Å². The zero-order valence-corrected chi connectivity index (χ0v) is 10.4. The summed E-state index contributed by atoms with van der Waals surface area (Å²) in [7, 11) is 0. The van der Waals surface area contributed by atoms with E-state index in [1.165, 1.54) is 0 Å². The summed E-state index contributed by atoms with van der Waals surface area (Å²) in [5.74, 6) is 0.134. The van der Waals surface area contributed by atoms with E-state index in [0.29, 0.717) is 5.33 Å². The molecule has 0 spiro atoms. The molecule has 1 aromatic rings. The van der Waals surface area contributed by atoms with Crippen LogP contribution in [0.2, 0.25) is 0 Å². The van der Waals surface area contributed by atoms with Crippen molar-refractivity contribution >= 4 is 37.6 Å². The first-order valence-corrected chi connectivity index (χ1v) is 6.00. The zero-order chi connectivity index (χ0) is 9.84. The van der Waals surface area contributed by atoms with Gasteiger partial charge in [-0.2, -0.15) is 0 Å². The van der Waals surface area contributed by atoms with E-state index < -0.39 is 0 Å². The van der Waals surface area contributed by atoms with Gasteiger partial charge in [0.15, 0.2) is 5.78 Å². The summed E-state index contributed by atoms with van der Waals surface area (Å²) in [6.45, 7) is 1.95. The molecule has 0 aliphatic rings. The van der Waals surface area contributed by atoms with Gasteiger partial charge in [-0.15, -0.1) is 0 Å². The predicted octanol–water partition coefficient (Wildman–Crippen LogP) is 3.34. The number of aryl methyl sites for hydroxylation is 1. The summed E-state index contributed by atoms with van der Waals surface area (Å²) in [6, 6.07) is 7.62. The van der Waals surface area contributed by atoms with Crippen molar-refractivity contribution in [2.45, 2.75) is 11.8 Å². The summed E-state index contributed by atoms with van der Waals surface area (Å²) < 4.78 is 0. The van der Waals surface area contributed by atoms with Gasteiger partial charge in [-0.05, 0) is 12.5 Å². The van der Waals surface area contributed by atoms with Gasteiger partial charge in [-0.1, -0.05) is 56.1 Å². The van der Waals surface area contributed by atoms with Gasteiger partial charge < -0.3 is 0 Å². The van der Waals surface area contributed by atoms with E-state index in [0.717, 1.165) is 11.1 Å². The van der Waals surface area contributed by atoms with Crippen molar-refractivity contribution in [3.05, 3.63) is 35.4 Å². The highest BCUT2D eigenvalue weighted by Gasteiger charge is 2.16. The topological polar surface area (TPSA) is 17.1 Å². The molecular weight excluding hydrogens is 296 g/mol. The van der Waals surface area contributed by atoms with Crippen LogP contribution in [0.15, 0.2) is 24.3 Å². The normalized spacial score (nSPS) is 12.5. The number of rotatable bonds is 3. The van der Waals surface area contributed by atoms with Gasteiger partial charge in [0.25, 0.3) is 0 Å². The standard InChI is InChI=1S/C10H10Br2O/c1-7-4-2-3-5-8(7)10(13)9(12)6-11/h2-5,9H,6H2,1H3. The van der Waals surface area contributed by atoms with Crippen molar-refractivity contribution in [3.8, 4) is 0 Å². The molecule has 0 heterocycles. The van der Waals surface area contributed by atoms with E-state index in [1.54, 1.807) is 0 Å². The summed E-state index contributed by atoms with van der Waals surface area (Å²) >= 11 is 6.59. The molecule has 0 saturated carbocycles. The van der Waals surface area contributed by atoms with Crippen LogP contribution < -0.4 is 0 Å². The molecule has 0 bridgehead atoms. The summed E-state index contributed by atoms with van der Waals surface area (Å²) in [4.78, 5) is 11.6. The van der Waals surface area contributed by atoms with E-state index in [4.69, 9.17) is 0 Å². The molecule has 3 heteroatoms. The van der Waals surface area contributed by atoms with Crippen LogP contribution in [0.3, 0.4) is 0 Å². The molecule has 0 aliphatic heterocycles. The Balaban J connectivity index is 2.95. The lowest BCUT2D eigenvalue weighted by atomic mass is 10.0. The molecule has 0 radical (unpaired) electrons. The number of halogens is 2. The van der Waals surface area contributed by atoms with E-state index in [1.807, 2.05) is 31.2 Å². The number of carbonyl (C=O) groups excluding carboxylic acids is 1. The van der Waals surface area contributed by atoms with Crippen LogP contribution in [0.4, 0.5) is 0 Å². The summed E-state index contributed by atoms with van der Waals surface area (Å²) in [5.41, 5.74) is 1.82. The molecule has 1 aromatic carbocycles. The number of Topliss-reactive ketones (excluding diaryl/α,β-unsaturated/α-hetero) is 1. The van der Waals surface area contributed by atoms with E-state index in [2.05, 4.69) is 31.9 Å². The van der Waals surface area contributed by atoms with Crippen molar-refractivity contribution < 1.29 is 4.79 Å². The molecule has 1 nitrogen and oxygen atoms in total. The monoisotopic (exact) mass is 304 g/mol. The van der Waals surface area contributed by atoms with Crippen LogP contribution in [0.5, 0.6) is 0 Å². The molecule has 1 rings (SSSR count). The van der Waals surface area contributed by atoms with Crippen molar-refractivity contribution in [3.63, 3.8) is 0 Å². The van der Waals surface area contributed by atoms with Crippen molar-refractivity contribution in [1.82, 2.24) is 0 Å². The predicted molar refractivity (Wildman–Crippen MR) is 62.0 cm³/mol. The van der Waals surface area contributed by atoms with Crippen molar-refractivity contribution in [1.29, 1.82) is 0 Å². The molecule has 0 saturated heterocycles. The van der Waals surface area contributed by atoms with Crippen LogP contribution in [0, 0.1) is 6.92 Å². The largest absolute Gasteiger partial charge is 0.293 e. The van der Waals surface area contributed by atoms with Gasteiger partial charge >= 0.3 is 0 Å². The van der Waals surface area contributed by atoms with Crippen LogP contribution in [-0.4, -0.2) is 15.9 Å². The fourth-order valence-corrected chi connectivity index (χ4v) is 1.63. The minimum atomic E-state index is -0.131. The number of carbonyl (C=O) groups is 1. The smallest absolute Gasteiger partial charge is 0.177 e. The average molecular weight is 306 g/mol. The molecule has 1 unspecified atom stereocenters. The number of ketones is 1. The second kappa shape index (κ2) is 4.91. The molecule has 70 valence electrons. The Morgan fingerprint density at radius 2 is 2.08 bits per heavy atom. The van der Waals surface area contributed by atoms with Gasteiger partial charge in [0.1, 0.15) is 0 Å². The van der Waals surface area contributed by atoms with Crippen LogP contribution in [-0.2, 0) is 0 Å². The minimum absolute atomic E-state index is 0.131. The maximum absolute atomic E-state index is 11.7. The third-order valence-electron chi connectivity index (χ3n) is 1.83. The number of alkyl halides is 2. The lowest BCUT2D eigenvalue weighted by molar-refractivity contribution is 0.0997. The van der Waals surface area contributed by atoms with E-state index >= 15 is 0 Å². The highest BCUT2D eigenvalue weighted by atomic mass is 79.9. The lowest BCUT2D eigenvalue weighted by Gasteiger charge is -2.07. The first kappa shape index (κ1) is 10.9. The lowest BCUT2D eigenvalue weighted by Crippen LogP contribution is -2.16. The number of benzene rings is 1. The molecule has 1 atom stereocenters. The molecule has 13 heavy (non-hydrogen) atoms. The Morgan fingerprint density at radius 3 is 2.62 bits per heavy atom. The van der Waals surface area contributed by atoms with Crippen LogP contribution >= 0.6 is 31.9 Å². The summed E-state index contributed by atoms with van der Waals surface area (Å²) in [5, 5.41) is 0.639. The average Bonchev–Trinajstić information content (AvgIpc) is 2.16. The number of hydrogen-bond donors (Lipinski definition) is 0. The Kier molecular flexibility index (Phi) is 4.13. The second-order valence-electron chi connectivity index (χ2n) is 2.80. The fourth-order valence-electron chi connectivity index (χ4n) is 1.09. The van der Waals surface area contributed by atoms with Gasteiger partial charge in [-0.25, -0.2) is 0 Å². The summed E-state index contributed by atoms with van der Waals surface area (Å²) in [6.07, 6.45) is 0. The quantitative estimate of drug-likeness (QED) is 0.618. The molecule has 0 amide bonds. The zero-order valence-electron chi connectivity index (χ0n) is 7.26. The Bertz CT molecular complexity index is 310. The maximum Gasteiger partial charge on any atom is 0.177 e. The number of hydrogen-bond acceptors (Lipinski definition) is 1. The van der Waals surface area contributed by atoms with Gasteiger partial charge in [0.05, 0.1) is 4.83 Å². The minimum Gasteiger partial charge on any atom is -0.293 e. The second-order valence-corrected chi connectivity index (χ2v) is 4.55. The molecule has 0 fully saturated rings. The first-order valence-electron chi connectivity index (χ1n) is 3.96. The Labute approximate surface area is 94.8 Å².